The van der Waals surface area contributed by atoms with Gasteiger partial charge in [-0.15, -0.1) is 11.8 Å². The van der Waals surface area contributed by atoms with Crippen LogP contribution in [0.5, 0.6) is 0 Å². The number of nitro benzene ring substituents is 1. The minimum Gasteiger partial charge on any atom is -0.272 e. The van der Waals surface area contributed by atoms with E-state index in [0.29, 0.717) is 11.3 Å². The van der Waals surface area contributed by atoms with Gasteiger partial charge in [0.25, 0.3) is 5.69 Å². The maximum Gasteiger partial charge on any atom is 0.269 e. The monoisotopic (exact) mass is 399 g/mol. The van der Waals surface area contributed by atoms with E-state index in [9.17, 15) is 14.9 Å². The van der Waals surface area contributed by atoms with E-state index in [1.165, 1.54) is 51.7 Å². The van der Waals surface area contributed by atoms with Crippen molar-refractivity contribution in [2.24, 2.45) is 5.10 Å². The van der Waals surface area contributed by atoms with Gasteiger partial charge in [0.2, 0.25) is 5.91 Å². The fourth-order valence-corrected chi connectivity index (χ4v) is 3.92. The highest BCUT2D eigenvalue weighted by Crippen LogP contribution is 2.28. The molecule has 0 fully saturated rings. The Bertz CT molecular complexity index is 892. The second-order valence-electron chi connectivity index (χ2n) is 6.74. The first-order valence-corrected chi connectivity index (χ1v) is 10.1. The molecule has 0 aliphatic rings. The third kappa shape index (κ3) is 5.19. The minimum atomic E-state index is -0.458. The van der Waals surface area contributed by atoms with E-state index in [4.69, 9.17) is 0 Å². The molecule has 0 atom stereocenters. The molecule has 6 nitrogen and oxygen atoms in total. The number of benzene rings is 2. The van der Waals surface area contributed by atoms with Gasteiger partial charge >= 0.3 is 0 Å². The number of rotatable bonds is 7. The lowest BCUT2D eigenvalue weighted by Gasteiger charge is -2.18. The van der Waals surface area contributed by atoms with E-state index in [0.717, 1.165) is 5.75 Å². The van der Waals surface area contributed by atoms with Crippen molar-refractivity contribution in [3.63, 3.8) is 0 Å². The standard InChI is InChI=1S/C21H25N3O3S/c1-13-14(2)16(4)20(17(5)15(13)3)11-28-12-21(25)23-22-10-18-6-8-19(9-7-18)24(26)27/h6-10H,11-12H2,1-5H3,(H,23,25)/b22-10+. The zero-order chi connectivity index (χ0) is 20.8. The molecule has 148 valence electrons. The highest BCUT2D eigenvalue weighted by molar-refractivity contribution is 7.99. The highest BCUT2D eigenvalue weighted by atomic mass is 32.2. The van der Waals surface area contributed by atoms with Crippen LogP contribution in [0, 0.1) is 44.7 Å². The third-order valence-corrected chi connectivity index (χ3v) is 6.10. The Morgan fingerprint density at radius 1 is 1.04 bits per heavy atom. The molecule has 0 aliphatic carbocycles. The van der Waals surface area contributed by atoms with Gasteiger partial charge in [-0.2, -0.15) is 5.10 Å². The van der Waals surface area contributed by atoms with Crippen molar-refractivity contribution < 1.29 is 9.72 Å². The van der Waals surface area contributed by atoms with Crippen molar-refractivity contribution in [2.75, 3.05) is 5.75 Å². The normalized spacial score (nSPS) is 11.0. The number of nitrogens with one attached hydrogen (secondary N) is 1. The van der Waals surface area contributed by atoms with Crippen LogP contribution in [0.4, 0.5) is 5.69 Å². The van der Waals surface area contributed by atoms with Gasteiger partial charge in [-0.05, 0) is 85.7 Å². The lowest BCUT2D eigenvalue weighted by atomic mass is 9.90. The van der Waals surface area contributed by atoms with Crippen molar-refractivity contribution in [1.82, 2.24) is 5.43 Å². The Hall–Kier alpha value is -2.67. The molecular weight excluding hydrogens is 374 g/mol. The summed E-state index contributed by atoms with van der Waals surface area (Å²) < 4.78 is 0. The first-order valence-electron chi connectivity index (χ1n) is 8.92. The minimum absolute atomic E-state index is 0.0183. The molecule has 2 rings (SSSR count). The summed E-state index contributed by atoms with van der Waals surface area (Å²) in [5, 5.41) is 14.5. The highest BCUT2D eigenvalue weighted by Gasteiger charge is 2.12. The lowest BCUT2D eigenvalue weighted by molar-refractivity contribution is -0.384. The van der Waals surface area contributed by atoms with E-state index in [1.807, 2.05) is 0 Å². The first kappa shape index (κ1) is 21.6. The number of non-ortho nitro benzene ring substituents is 1. The summed E-state index contributed by atoms with van der Waals surface area (Å²) in [6.45, 7) is 10.7. The summed E-state index contributed by atoms with van der Waals surface area (Å²) in [7, 11) is 0. The molecule has 0 radical (unpaired) electrons. The van der Waals surface area contributed by atoms with E-state index in [-0.39, 0.29) is 11.6 Å². The molecule has 0 aliphatic heterocycles. The summed E-state index contributed by atoms with van der Waals surface area (Å²) in [5.41, 5.74) is 11.0. The molecule has 28 heavy (non-hydrogen) atoms. The molecule has 2 aromatic carbocycles. The smallest absolute Gasteiger partial charge is 0.269 e. The number of thioether (sulfide) groups is 1. The maximum absolute atomic E-state index is 12.0. The van der Waals surface area contributed by atoms with E-state index in [1.54, 1.807) is 23.9 Å². The SMILES string of the molecule is Cc1c(C)c(C)c(CSCC(=O)N/N=C/c2ccc([N+](=O)[O-])cc2)c(C)c1C. The van der Waals surface area contributed by atoms with Crippen molar-refractivity contribution in [2.45, 2.75) is 40.4 Å². The summed E-state index contributed by atoms with van der Waals surface area (Å²) in [6, 6.07) is 5.96. The molecule has 1 amide bonds. The maximum atomic E-state index is 12.0. The fraction of sp³-hybridized carbons (Fsp3) is 0.333. The van der Waals surface area contributed by atoms with Gasteiger partial charge in [-0.3, -0.25) is 14.9 Å². The molecule has 0 saturated carbocycles. The summed E-state index contributed by atoms with van der Waals surface area (Å²) in [6.07, 6.45) is 1.47. The average molecular weight is 400 g/mol. The van der Waals surface area contributed by atoms with Gasteiger partial charge < -0.3 is 0 Å². The second kappa shape index (κ2) is 9.50. The Labute approximate surface area is 169 Å². The largest absolute Gasteiger partial charge is 0.272 e. The Balaban J connectivity index is 1.87. The zero-order valence-electron chi connectivity index (χ0n) is 16.8. The summed E-state index contributed by atoms with van der Waals surface area (Å²) in [5.74, 6) is 0.903. The molecule has 0 unspecified atom stereocenters. The van der Waals surface area contributed by atoms with Crippen LogP contribution < -0.4 is 5.43 Å². The predicted molar refractivity (Wildman–Crippen MR) is 115 cm³/mol. The Morgan fingerprint density at radius 2 is 1.57 bits per heavy atom. The molecule has 0 bridgehead atoms. The van der Waals surface area contributed by atoms with Gasteiger partial charge in [0.1, 0.15) is 0 Å². The zero-order valence-corrected chi connectivity index (χ0v) is 17.6. The van der Waals surface area contributed by atoms with Crippen LogP contribution in [0.1, 0.15) is 38.9 Å². The van der Waals surface area contributed by atoms with Gasteiger partial charge in [0.05, 0.1) is 16.9 Å². The van der Waals surface area contributed by atoms with Crippen LogP contribution in [0.3, 0.4) is 0 Å². The van der Waals surface area contributed by atoms with Crippen molar-refractivity contribution in [1.29, 1.82) is 0 Å². The quantitative estimate of drug-likeness (QED) is 0.421. The molecule has 0 saturated heterocycles. The molecule has 0 aromatic heterocycles. The summed E-state index contributed by atoms with van der Waals surface area (Å²) >= 11 is 1.56. The number of carbonyl (C=O) groups is 1. The summed E-state index contributed by atoms with van der Waals surface area (Å²) in [4.78, 5) is 22.2. The topological polar surface area (TPSA) is 84.6 Å². The van der Waals surface area contributed by atoms with Gasteiger partial charge in [-0.1, -0.05) is 0 Å². The van der Waals surface area contributed by atoms with Gasteiger partial charge in [-0.25, -0.2) is 5.43 Å². The predicted octanol–water partition coefficient (Wildman–Crippen LogP) is 4.52. The van der Waals surface area contributed by atoms with Crippen LogP contribution in [-0.4, -0.2) is 22.8 Å². The number of nitro groups is 1. The van der Waals surface area contributed by atoms with Crippen molar-refractivity contribution in [3.8, 4) is 0 Å². The molecule has 0 heterocycles. The third-order valence-electron chi connectivity index (χ3n) is 5.14. The van der Waals surface area contributed by atoms with Gasteiger partial charge in [0, 0.05) is 17.9 Å². The fourth-order valence-electron chi connectivity index (χ4n) is 2.93. The lowest BCUT2D eigenvalue weighted by Crippen LogP contribution is -2.19. The number of amides is 1. The van der Waals surface area contributed by atoms with E-state index >= 15 is 0 Å². The Morgan fingerprint density at radius 3 is 2.11 bits per heavy atom. The van der Waals surface area contributed by atoms with Crippen LogP contribution in [-0.2, 0) is 10.5 Å². The molecule has 0 spiro atoms. The Kier molecular flexibility index (Phi) is 7.34. The van der Waals surface area contributed by atoms with Crippen LogP contribution >= 0.6 is 11.8 Å². The number of nitrogens with zero attached hydrogens (tertiary/aromatic N) is 2. The van der Waals surface area contributed by atoms with Crippen LogP contribution in [0.2, 0.25) is 0 Å². The van der Waals surface area contributed by atoms with Crippen LogP contribution in [0.25, 0.3) is 0 Å². The first-order chi connectivity index (χ1) is 13.2. The second-order valence-corrected chi connectivity index (χ2v) is 7.72. The van der Waals surface area contributed by atoms with Crippen molar-refractivity contribution in [3.05, 3.63) is 73.3 Å². The average Bonchev–Trinajstić information content (AvgIpc) is 2.68. The van der Waals surface area contributed by atoms with E-state index in [2.05, 4.69) is 45.1 Å². The van der Waals surface area contributed by atoms with E-state index < -0.39 is 4.92 Å². The number of carbonyl (C=O) groups excluding carboxylic acids is 1. The molecule has 2 aromatic rings. The molecule has 7 heteroatoms. The van der Waals surface area contributed by atoms with Crippen LogP contribution in [0.15, 0.2) is 29.4 Å². The number of hydrazone groups is 1. The van der Waals surface area contributed by atoms with Crippen molar-refractivity contribution >= 4 is 29.6 Å². The number of hydrogen-bond donors (Lipinski definition) is 1. The number of hydrogen-bond acceptors (Lipinski definition) is 5. The molecule has 1 N–H and O–H groups in total. The van der Waals surface area contributed by atoms with Gasteiger partial charge in [0.15, 0.2) is 0 Å². The molecular formula is C21H25N3O3S.